The summed E-state index contributed by atoms with van der Waals surface area (Å²) in [6.07, 6.45) is 2.94. The number of nitrogen functional groups attached to an aromatic ring is 1. The largest absolute Gasteiger partial charge is 0.494 e. The fraction of sp³-hybridized carbons (Fsp3) is 0.286. The summed E-state index contributed by atoms with van der Waals surface area (Å²) in [7, 11) is 1.43. The second-order valence-electron chi connectivity index (χ2n) is 4.16. The molecule has 2 rings (SSSR count). The molecule has 1 heterocycles. The molecule has 0 fully saturated rings. The molecule has 0 amide bonds. The Balaban J connectivity index is 2.62. The van der Waals surface area contributed by atoms with Crippen LogP contribution in [0.5, 0.6) is 5.75 Å². The monoisotopic (exact) mass is 261 g/mol. The van der Waals surface area contributed by atoms with Gasteiger partial charge in [0.2, 0.25) is 0 Å². The molecule has 0 saturated heterocycles. The molecule has 4 nitrogen and oxygen atoms in total. The van der Waals surface area contributed by atoms with Crippen molar-refractivity contribution in [2.45, 2.75) is 19.8 Å². The third-order valence-electron chi connectivity index (χ3n) is 2.92. The summed E-state index contributed by atoms with van der Waals surface area (Å²) in [6, 6.07) is 4.97. The molecule has 0 aliphatic carbocycles. The normalized spacial score (nSPS) is 10.5. The Morgan fingerprint density at radius 2 is 2.11 bits per heavy atom. The first-order valence-corrected chi connectivity index (χ1v) is 6.11. The molecule has 100 valence electrons. The van der Waals surface area contributed by atoms with E-state index in [-0.39, 0.29) is 5.75 Å². The summed E-state index contributed by atoms with van der Waals surface area (Å²) < 4.78 is 19.3. The Morgan fingerprint density at radius 3 is 2.79 bits per heavy atom. The summed E-state index contributed by atoms with van der Waals surface area (Å²) in [5, 5.41) is 0. The van der Waals surface area contributed by atoms with Crippen molar-refractivity contribution in [1.82, 2.24) is 9.97 Å². The van der Waals surface area contributed by atoms with Crippen LogP contribution in [0.3, 0.4) is 0 Å². The highest BCUT2D eigenvalue weighted by Crippen LogP contribution is 2.31. The van der Waals surface area contributed by atoms with Gasteiger partial charge in [-0.3, -0.25) is 0 Å². The lowest BCUT2D eigenvalue weighted by molar-refractivity contribution is 0.387. The number of rotatable bonds is 4. The zero-order valence-electron chi connectivity index (χ0n) is 11.0. The maximum absolute atomic E-state index is 14.3. The number of aromatic nitrogens is 2. The van der Waals surface area contributed by atoms with Gasteiger partial charge in [0.05, 0.1) is 12.8 Å². The second kappa shape index (κ2) is 5.65. The van der Waals surface area contributed by atoms with Crippen LogP contribution in [0.1, 0.15) is 18.9 Å². The van der Waals surface area contributed by atoms with Crippen molar-refractivity contribution in [3.8, 4) is 17.0 Å². The van der Waals surface area contributed by atoms with Gasteiger partial charge in [0.15, 0.2) is 11.6 Å². The summed E-state index contributed by atoms with van der Waals surface area (Å²) in [5.74, 6) is 0.159. The maximum Gasteiger partial charge on any atom is 0.174 e. The molecular formula is C14H16FN3O. The van der Waals surface area contributed by atoms with Gasteiger partial charge in [-0.2, -0.15) is 0 Å². The first-order chi connectivity index (χ1) is 9.19. The number of anilines is 1. The molecule has 1 aromatic heterocycles. The Kier molecular flexibility index (Phi) is 3.94. The Bertz CT molecular complexity index is 587. The molecule has 5 heteroatoms. The van der Waals surface area contributed by atoms with E-state index >= 15 is 0 Å². The number of benzene rings is 1. The Labute approximate surface area is 111 Å². The average molecular weight is 261 g/mol. The third-order valence-corrected chi connectivity index (χ3v) is 2.92. The zero-order valence-corrected chi connectivity index (χ0v) is 11.0. The Hall–Kier alpha value is -2.17. The molecule has 2 N–H and O–H groups in total. The molecule has 0 unspecified atom stereocenters. The highest BCUT2D eigenvalue weighted by atomic mass is 19.1. The van der Waals surface area contributed by atoms with E-state index in [0.717, 1.165) is 12.0 Å². The first kappa shape index (κ1) is 13.3. The van der Waals surface area contributed by atoms with Crippen molar-refractivity contribution in [3.63, 3.8) is 0 Å². The van der Waals surface area contributed by atoms with Gasteiger partial charge >= 0.3 is 0 Å². The predicted molar refractivity (Wildman–Crippen MR) is 72.4 cm³/mol. The summed E-state index contributed by atoms with van der Waals surface area (Å²) >= 11 is 0. The minimum atomic E-state index is -0.430. The van der Waals surface area contributed by atoms with Gasteiger partial charge in [0, 0.05) is 11.1 Å². The van der Waals surface area contributed by atoms with Crippen LogP contribution in [-0.4, -0.2) is 17.1 Å². The van der Waals surface area contributed by atoms with Crippen molar-refractivity contribution in [1.29, 1.82) is 0 Å². The molecule has 0 atom stereocenters. The lowest BCUT2D eigenvalue weighted by Gasteiger charge is -2.12. The van der Waals surface area contributed by atoms with Crippen LogP contribution in [0.4, 0.5) is 10.2 Å². The molecule has 0 spiro atoms. The van der Waals surface area contributed by atoms with Gasteiger partial charge in [0.25, 0.3) is 0 Å². The molecule has 0 bridgehead atoms. The van der Waals surface area contributed by atoms with Gasteiger partial charge in [0.1, 0.15) is 12.1 Å². The number of nitrogens with zero attached hydrogens (tertiary/aromatic N) is 2. The highest BCUT2D eigenvalue weighted by Gasteiger charge is 2.16. The van der Waals surface area contributed by atoms with E-state index in [0.29, 0.717) is 23.5 Å². The van der Waals surface area contributed by atoms with E-state index in [1.807, 2.05) is 6.92 Å². The van der Waals surface area contributed by atoms with Gasteiger partial charge in [-0.25, -0.2) is 14.4 Å². The standard InChI is InChI=1S/C14H16FN3O/c1-3-5-10-13(17-8-18-14(10)16)9-6-4-7-11(19-2)12(9)15/h4,6-8H,3,5H2,1-2H3,(H2,16,17,18). The van der Waals surface area contributed by atoms with Crippen LogP contribution in [0.2, 0.25) is 0 Å². The summed E-state index contributed by atoms with van der Waals surface area (Å²) in [5.41, 5.74) is 7.55. The minimum absolute atomic E-state index is 0.192. The van der Waals surface area contributed by atoms with Crippen LogP contribution in [0.25, 0.3) is 11.3 Å². The number of halogens is 1. The third kappa shape index (κ3) is 2.50. The van der Waals surface area contributed by atoms with Crippen molar-refractivity contribution < 1.29 is 9.13 Å². The number of methoxy groups -OCH3 is 1. The van der Waals surface area contributed by atoms with Crippen molar-refractivity contribution in [3.05, 3.63) is 35.9 Å². The fourth-order valence-electron chi connectivity index (χ4n) is 2.01. The second-order valence-corrected chi connectivity index (χ2v) is 4.16. The molecule has 0 saturated carbocycles. The molecule has 0 aliphatic heterocycles. The van der Waals surface area contributed by atoms with E-state index < -0.39 is 5.82 Å². The maximum atomic E-state index is 14.3. The molecular weight excluding hydrogens is 245 g/mol. The van der Waals surface area contributed by atoms with E-state index in [2.05, 4.69) is 9.97 Å². The molecule has 19 heavy (non-hydrogen) atoms. The number of hydrogen-bond acceptors (Lipinski definition) is 4. The van der Waals surface area contributed by atoms with Crippen LogP contribution in [0, 0.1) is 5.82 Å². The van der Waals surface area contributed by atoms with E-state index in [1.54, 1.807) is 18.2 Å². The summed E-state index contributed by atoms with van der Waals surface area (Å²) in [4.78, 5) is 8.15. The zero-order chi connectivity index (χ0) is 13.8. The summed E-state index contributed by atoms with van der Waals surface area (Å²) in [6.45, 7) is 2.03. The minimum Gasteiger partial charge on any atom is -0.494 e. The molecule has 2 aromatic rings. The van der Waals surface area contributed by atoms with Crippen molar-refractivity contribution >= 4 is 5.82 Å². The van der Waals surface area contributed by atoms with Crippen LogP contribution < -0.4 is 10.5 Å². The van der Waals surface area contributed by atoms with Gasteiger partial charge in [-0.1, -0.05) is 19.4 Å². The average Bonchev–Trinajstić information content (AvgIpc) is 2.42. The lowest BCUT2D eigenvalue weighted by Crippen LogP contribution is -2.03. The van der Waals surface area contributed by atoms with Crippen LogP contribution in [-0.2, 0) is 6.42 Å². The molecule has 1 aromatic carbocycles. The molecule has 0 aliphatic rings. The quantitative estimate of drug-likeness (QED) is 0.919. The van der Waals surface area contributed by atoms with E-state index in [4.69, 9.17) is 10.5 Å². The van der Waals surface area contributed by atoms with Gasteiger partial charge < -0.3 is 10.5 Å². The molecule has 0 radical (unpaired) electrons. The first-order valence-electron chi connectivity index (χ1n) is 6.11. The van der Waals surface area contributed by atoms with Gasteiger partial charge in [-0.05, 0) is 18.6 Å². The van der Waals surface area contributed by atoms with E-state index in [1.165, 1.54) is 13.4 Å². The fourth-order valence-corrected chi connectivity index (χ4v) is 2.01. The van der Waals surface area contributed by atoms with Crippen molar-refractivity contribution in [2.75, 3.05) is 12.8 Å². The smallest absolute Gasteiger partial charge is 0.174 e. The topological polar surface area (TPSA) is 61.0 Å². The SMILES string of the molecule is CCCc1c(N)ncnc1-c1cccc(OC)c1F. The predicted octanol–water partition coefficient (Wildman–Crippen LogP) is 2.83. The number of hydrogen-bond donors (Lipinski definition) is 1. The number of nitrogens with two attached hydrogens (primary N) is 1. The number of ether oxygens (including phenoxy) is 1. The van der Waals surface area contributed by atoms with E-state index in [9.17, 15) is 4.39 Å². The van der Waals surface area contributed by atoms with Crippen LogP contribution in [0.15, 0.2) is 24.5 Å². The highest BCUT2D eigenvalue weighted by molar-refractivity contribution is 5.69. The van der Waals surface area contributed by atoms with Crippen molar-refractivity contribution in [2.24, 2.45) is 0 Å². The van der Waals surface area contributed by atoms with Gasteiger partial charge in [-0.15, -0.1) is 0 Å². The Morgan fingerprint density at radius 1 is 1.32 bits per heavy atom. The van der Waals surface area contributed by atoms with Crippen LogP contribution >= 0.6 is 0 Å². The lowest BCUT2D eigenvalue weighted by atomic mass is 10.0.